The first-order chi connectivity index (χ1) is 20.6. The van der Waals surface area contributed by atoms with Gasteiger partial charge >= 0.3 is 0 Å². The van der Waals surface area contributed by atoms with E-state index in [4.69, 9.17) is 11.1 Å². The van der Waals surface area contributed by atoms with Crippen LogP contribution in [0.1, 0.15) is 38.2 Å². The summed E-state index contributed by atoms with van der Waals surface area (Å²) in [5.74, 6) is -0.503. The highest BCUT2D eigenvalue weighted by molar-refractivity contribution is 7.91. The molecule has 1 aromatic carbocycles. The third-order valence-corrected chi connectivity index (χ3v) is 12.0. The number of hydrogen-bond donors (Lipinski definition) is 4. The number of carbonyl (C=O) groups excluding carboxylic acids is 2. The summed E-state index contributed by atoms with van der Waals surface area (Å²) in [6, 6.07) is 5.95. The minimum absolute atomic E-state index is 0.0365. The average molecular weight is 644 g/mol. The summed E-state index contributed by atoms with van der Waals surface area (Å²) in [6.45, 7) is 1.72. The van der Waals surface area contributed by atoms with Gasteiger partial charge in [-0.3, -0.25) is 15.0 Å². The SMILES string of the molecule is CN1CCc2nc(C(=O)N3CCN(S(=O)(=O)c4cc5cc(C(=N)N)ccc5s4)CC3CC(=O)NCc3nn[nH]n3)sc2C1. The van der Waals surface area contributed by atoms with Gasteiger partial charge in [-0.1, -0.05) is 5.21 Å². The standard InChI is InChI=1S/C25H29N11O4S3/c1-34-5-4-17-19(13-34)42-24(29-17)25(38)36-7-6-35(12-16(36)10-21(37)28-11-20-30-32-33-31-20)43(39,40)22-9-15-8-14(23(26)27)2-3-18(15)41-22/h2-3,8-9,16H,4-7,10-13H2,1H3,(H3,26,27)(H,28,37)(H,30,31,32,33). The van der Waals surface area contributed by atoms with E-state index in [-0.39, 0.29) is 54.5 Å². The molecule has 1 fully saturated rings. The number of tetrazole rings is 1. The molecule has 0 saturated carbocycles. The number of amidine groups is 1. The van der Waals surface area contributed by atoms with E-state index in [0.29, 0.717) is 21.8 Å². The van der Waals surface area contributed by atoms with Crippen LogP contribution in [0.5, 0.6) is 0 Å². The van der Waals surface area contributed by atoms with Crippen LogP contribution in [0.4, 0.5) is 0 Å². The molecule has 0 aliphatic carbocycles. The second-order valence-corrected chi connectivity index (χ2v) is 14.8. The van der Waals surface area contributed by atoms with Gasteiger partial charge in [-0.25, -0.2) is 13.4 Å². The van der Waals surface area contributed by atoms with Crippen LogP contribution in [0.15, 0.2) is 28.5 Å². The second-order valence-electron chi connectivity index (χ2n) is 10.4. The number of rotatable bonds is 8. The molecule has 43 heavy (non-hydrogen) atoms. The number of amides is 2. The molecule has 0 radical (unpaired) electrons. The van der Waals surface area contributed by atoms with Crippen molar-refractivity contribution in [2.24, 2.45) is 5.73 Å². The number of aromatic nitrogens is 5. The number of carbonyl (C=O) groups is 2. The number of H-pyrrole nitrogens is 1. The van der Waals surface area contributed by atoms with Crippen molar-refractivity contribution in [1.82, 2.24) is 45.0 Å². The van der Waals surface area contributed by atoms with Crippen molar-refractivity contribution in [2.45, 2.75) is 36.2 Å². The van der Waals surface area contributed by atoms with Crippen molar-refractivity contribution >= 4 is 60.4 Å². The summed E-state index contributed by atoms with van der Waals surface area (Å²) in [5, 5.41) is 24.9. The predicted molar refractivity (Wildman–Crippen MR) is 159 cm³/mol. The highest BCUT2D eigenvalue weighted by Crippen LogP contribution is 2.33. The molecule has 1 saturated heterocycles. The van der Waals surface area contributed by atoms with Gasteiger partial charge in [0.1, 0.15) is 10.0 Å². The van der Waals surface area contributed by atoms with Crippen molar-refractivity contribution in [2.75, 3.05) is 33.2 Å². The number of nitrogens with two attached hydrogens (primary N) is 1. The maximum absolute atomic E-state index is 13.8. The van der Waals surface area contributed by atoms with Crippen molar-refractivity contribution in [1.29, 1.82) is 5.41 Å². The Labute approximate surface area is 254 Å². The summed E-state index contributed by atoms with van der Waals surface area (Å²) in [4.78, 5) is 36.2. The quantitative estimate of drug-likeness (QED) is 0.153. The number of nitrogens with zero attached hydrogens (tertiary/aromatic N) is 7. The maximum Gasteiger partial charge on any atom is 0.283 e. The smallest absolute Gasteiger partial charge is 0.283 e. The number of fused-ring (bicyclic) bond motifs is 2. The van der Waals surface area contributed by atoms with Crippen LogP contribution in [0, 0.1) is 5.41 Å². The molecule has 2 aliphatic heterocycles. The van der Waals surface area contributed by atoms with Crippen LogP contribution in [0.3, 0.4) is 0 Å². The summed E-state index contributed by atoms with van der Waals surface area (Å²) in [5.41, 5.74) is 7.03. The molecule has 18 heteroatoms. The number of thiophene rings is 1. The highest BCUT2D eigenvalue weighted by Gasteiger charge is 2.39. The molecule has 4 aromatic rings. The average Bonchev–Trinajstić information content (AvgIpc) is 3.75. The van der Waals surface area contributed by atoms with E-state index < -0.39 is 16.1 Å². The molecule has 226 valence electrons. The summed E-state index contributed by atoms with van der Waals surface area (Å²) >= 11 is 2.48. The van der Waals surface area contributed by atoms with E-state index >= 15 is 0 Å². The Bertz CT molecular complexity index is 1800. The topological polar surface area (TPSA) is 207 Å². The number of nitrogen functional groups attached to an aromatic ring is 1. The molecule has 5 heterocycles. The molecular formula is C25H29N11O4S3. The van der Waals surface area contributed by atoms with E-state index in [1.54, 1.807) is 29.2 Å². The Balaban J connectivity index is 1.25. The van der Waals surface area contributed by atoms with Gasteiger partial charge in [-0.05, 0) is 36.7 Å². The third-order valence-electron chi connectivity index (χ3n) is 7.46. The molecule has 1 unspecified atom stereocenters. The minimum Gasteiger partial charge on any atom is -0.384 e. The minimum atomic E-state index is -3.95. The fourth-order valence-electron chi connectivity index (χ4n) is 5.19. The van der Waals surface area contributed by atoms with Gasteiger partial charge in [0.2, 0.25) is 5.91 Å². The third kappa shape index (κ3) is 6.00. The number of hydrogen-bond acceptors (Lipinski definition) is 12. The zero-order valence-electron chi connectivity index (χ0n) is 23.1. The number of piperazine rings is 1. The Hall–Kier alpha value is -3.84. The number of nitrogens with one attached hydrogen (secondary N) is 3. The maximum atomic E-state index is 13.8. The molecule has 0 spiro atoms. The zero-order valence-corrected chi connectivity index (χ0v) is 25.6. The lowest BCUT2D eigenvalue weighted by Crippen LogP contribution is -2.57. The van der Waals surface area contributed by atoms with Crippen molar-refractivity contribution in [3.05, 3.63) is 51.2 Å². The van der Waals surface area contributed by atoms with E-state index in [9.17, 15) is 18.0 Å². The fourth-order valence-corrected chi connectivity index (χ4v) is 9.33. The Kier molecular flexibility index (Phi) is 7.94. The van der Waals surface area contributed by atoms with Gasteiger partial charge in [0, 0.05) is 60.7 Å². The lowest BCUT2D eigenvalue weighted by Gasteiger charge is -2.40. The van der Waals surface area contributed by atoms with Gasteiger partial charge in [0.15, 0.2) is 10.8 Å². The molecule has 15 nitrogen and oxygen atoms in total. The van der Waals surface area contributed by atoms with Gasteiger partial charge in [0.05, 0.1) is 18.3 Å². The van der Waals surface area contributed by atoms with E-state index in [0.717, 1.165) is 46.1 Å². The predicted octanol–water partition coefficient (Wildman–Crippen LogP) is 0.365. The number of sulfonamides is 1. The normalized spacial score (nSPS) is 18.1. The van der Waals surface area contributed by atoms with Crippen molar-refractivity contribution < 1.29 is 18.0 Å². The summed E-state index contributed by atoms with van der Waals surface area (Å²) < 4.78 is 29.9. The van der Waals surface area contributed by atoms with Crippen LogP contribution < -0.4 is 11.1 Å². The van der Waals surface area contributed by atoms with Gasteiger partial charge < -0.3 is 20.9 Å². The van der Waals surface area contributed by atoms with Crippen molar-refractivity contribution in [3.63, 3.8) is 0 Å². The first-order valence-corrected chi connectivity index (χ1v) is 16.5. The first kappa shape index (κ1) is 29.2. The Morgan fingerprint density at radius 3 is 2.81 bits per heavy atom. The van der Waals surface area contributed by atoms with Gasteiger partial charge in [-0.15, -0.1) is 32.9 Å². The number of likely N-dealkylation sites (N-methyl/N-ethyl adjacent to an activating group) is 1. The Morgan fingerprint density at radius 1 is 1.21 bits per heavy atom. The van der Waals surface area contributed by atoms with Crippen molar-refractivity contribution in [3.8, 4) is 0 Å². The monoisotopic (exact) mass is 643 g/mol. The number of benzene rings is 1. The molecule has 2 aliphatic rings. The van der Waals surface area contributed by atoms with Crippen LogP contribution in [0.2, 0.25) is 0 Å². The lowest BCUT2D eigenvalue weighted by molar-refractivity contribution is -0.122. The van der Waals surface area contributed by atoms with E-state index in [1.807, 2.05) is 7.05 Å². The molecule has 3 aromatic heterocycles. The lowest BCUT2D eigenvalue weighted by atomic mass is 10.1. The van der Waals surface area contributed by atoms with Crippen LogP contribution in [0.25, 0.3) is 10.1 Å². The van der Waals surface area contributed by atoms with E-state index in [1.165, 1.54) is 15.6 Å². The first-order valence-electron chi connectivity index (χ1n) is 13.4. The molecule has 5 N–H and O–H groups in total. The molecule has 0 bridgehead atoms. The van der Waals surface area contributed by atoms with E-state index in [2.05, 4.69) is 35.8 Å². The second kappa shape index (κ2) is 11.7. The Morgan fingerprint density at radius 2 is 2.05 bits per heavy atom. The summed E-state index contributed by atoms with van der Waals surface area (Å²) in [6.07, 6.45) is 0.629. The van der Waals surface area contributed by atoms with Crippen LogP contribution >= 0.6 is 22.7 Å². The molecule has 1 atom stereocenters. The number of thiazole rings is 1. The van der Waals surface area contributed by atoms with Gasteiger partial charge in [-0.2, -0.15) is 9.52 Å². The highest BCUT2D eigenvalue weighted by atomic mass is 32.2. The summed E-state index contributed by atoms with van der Waals surface area (Å²) in [7, 11) is -1.93. The fraction of sp³-hybridized carbons (Fsp3) is 0.400. The largest absolute Gasteiger partial charge is 0.384 e. The van der Waals surface area contributed by atoms with Crippen LogP contribution in [-0.2, 0) is 34.3 Å². The molecular weight excluding hydrogens is 615 g/mol. The molecule has 2 amide bonds. The molecule has 6 rings (SSSR count). The zero-order chi connectivity index (χ0) is 30.3. The van der Waals surface area contributed by atoms with Crippen LogP contribution in [-0.4, -0.2) is 105 Å². The number of aromatic amines is 1. The van der Waals surface area contributed by atoms with Gasteiger partial charge in [0.25, 0.3) is 15.9 Å².